The van der Waals surface area contributed by atoms with Crippen LogP contribution >= 0.6 is 0 Å². The molecule has 1 aliphatic rings. The number of amides is 1. The molecule has 1 saturated heterocycles. The van der Waals surface area contributed by atoms with E-state index >= 15 is 0 Å². The molecule has 7 nitrogen and oxygen atoms in total. The largest absolute Gasteiger partial charge is 0.396 e. The second kappa shape index (κ2) is 8.21. The van der Waals surface area contributed by atoms with Gasteiger partial charge in [0.1, 0.15) is 0 Å². The first kappa shape index (κ1) is 19.5. The average Bonchev–Trinajstić information content (AvgIpc) is 2.97. The van der Waals surface area contributed by atoms with Crippen LogP contribution in [0.2, 0.25) is 0 Å². The van der Waals surface area contributed by atoms with Crippen LogP contribution in [0.15, 0.2) is 36.5 Å². The van der Waals surface area contributed by atoms with E-state index in [0.29, 0.717) is 31.6 Å². The average molecular weight is 372 g/mol. The van der Waals surface area contributed by atoms with Gasteiger partial charge in [0.2, 0.25) is 5.91 Å². The van der Waals surface area contributed by atoms with Gasteiger partial charge in [0.05, 0.1) is 36.8 Å². The van der Waals surface area contributed by atoms with Crippen molar-refractivity contribution in [1.29, 1.82) is 0 Å². The first-order chi connectivity index (χ1) is 12.9. The summed E-state index contributed by atoms with van der Waals surface area (Å²) in [6.07, 6.45) is 2.15. The molecule has 0 saturated carbocycles. The van der Waals surface area contributed by atoms with E-state index in [2.05, 4.69) is 10.4 Å². The first-order valence-electron chi connectivity index (χ1n) is 9.27. The molecule has 7 heteroatoms. The molecule has 146 valence electrons. The second-order valence-electron chi connectivity index (χ2n) is 7.51. The Kier molecular flexibility index (Phi) is 5.94. The molecule has 2 atom stereocenters. The van der Waals surface area contributed by atoms with E-state index in [0.717, 1.165) is 11.3 Å². The summed E-state index contributed by atoms with van der Waals surface area (Å²) < 4.78 is 1.71. The number of anilines is 1. The lowest BCUT2D eigenvalue weighted by molar-refractivity contribution is -0.121. The molecule has 2 heterocycles. The predicted molar refractivity (Wildman–Crippen MR) is 103 cm³/mol. The van der Waals surface area contributed by atoms with Crippen molar-refractivity contribution < 1.29 is 15.0 Å². The minimum Gasteiger partial charge on any atom is -0.396 e. The van der Waals surface area contributed by atoms with Gasteiger partial charge in [0, 0.05) is 25.6 Å². The number of rotatable bonds is 6. The number of nitrogens with zero attached hydrogens (tertiary/aromatic N) is 3. The van der Waals surface area contributed by atoms with Crippen LogP contribution in [0.25, 0.3) is 0 Å². The number of carbonyl (C=O) groups excluding carboxylic acids is 1. The molecule has 1 aromatic carbocycles. The summed E-state index contributed by atoms with van der Waals surface area (Å²) in [6, 6.07) is 9.86. The normalized spacial score (nSPS) is 23.3. The zero-order valence-corrected chi connectivity index (χ0v) is 15.9. The van der Waals surface area contributed by atoms with Crippen LogP contribution in [0.3, 0.4) is 0 Å². The number of aliphatic hydroxyl groups excluding tert-OH is 2. The fourth-order valence-electron chi connectivity index (χ4n) is 3.78. The third-order valence-corrected chi connectivity index (χ3v) is 5.55. The van der Waals surface area contributed by atoms with Crippen LogP contribution in [0.1, 0.15) is 17.7 Å². The number of carbonyl (C=O) groups is 1. The molecule has 0 spiro atoms. The van der Waals surface area contributed by atoms with Gasteiger partial charge in [-0.1, -0.05) is 30.3 Å². The summed E-state index contributed by atoms with van der Waals surface area (Å²) in [5.41, 5.74) is 2.01. The Hall–Kier alpha value is -2.22. The highest BCUT2D eigenvalue weighted by Crippen LogP contribution is 2.33. The van der Waals surface area contributed by atoms with E-state index in [1.165, 1.54) is 0 Å². The SMILES string of the molecule is Cc1c(NC(=O)CN2CC[C@H](O)[C@](CO)(Cc3ccccc3)C2)cnn1C. The maximum atomic E-state index is 12.5. The summed E-state index contributed by atoms with van der Waals surface area (Å²) in [5.74, 6) is -0.117. The van der Waals surface area contributed by atoms with E-state index < -0.39 is 11.5 Å². The van der Waals surface area contributed by atoms with Gasteiger partial charge in [0.15, 0.2) is 0 Å². The number of aryl methyl sites for hydroxylation is 1. The highest BCUT2D eigenvalue weighted by Gasteiger charge is 2.42. The highest BCUT2D eigenvalue weighted by atomic mass is 16.3. The Morgan fingerprint density at radius 2 is 2.11 bits per heavy atom. The van der Waals surface area contributed by atoms with E-state index in [1.54, 1.807) is 10.9 Å². The third-order valence-electron chi connectivity index (χ3n) is 5.55. The first-order valence-corrected chi connectivity index (χ1v) is 9.27. The van der Waals surface area contributed by atoms with Gasteiger partial charge in [-0.3, -0.25) is 14.4 Å². The van der Waals surface area contributed by atoms with E-state index in [-0.39, 0.29) is 19.1 Å². The quantitative estimate of drug-likeness (QED) is 0.703. The van der Waals surface area contributed by atoms with Crippen LogP contribution in [0.4, 0.5) is 5.69 Å². The highest BCUT2D eigenvalue weighted by molar-refractivity contribution is 5.92. The van der Waals surface area contributed by atoms with Crippen LogP contribution in [-0.4, -0.2) is 63.1 Å². The Morgan fingerprint density at radius 3 is 2.74 bits per heavy atom. The minimum absolute atomic E-state index is 0.117. The Balaban J connectivity index is 1.66. The molecule has 1 amide bonds. The third kappa shape index (κ3) is 4.37. The van der Waals surface area contributed by atoms with Crippen molar-refractivity contribution in [3.8, 4) is 0 Å². The zero-order chi connectivity index (χ0) is 19.4. The van der Waals surface area contributed by atoms with Gasteiger partial charge in [0.25, 0.3) is 0 Å². The van der Waals surface area contributed by atoms with Crippen molar-refractivity contribution in [3.05, 3.63) is 47.8 Å². The van der Waals surface area contributed by atoms with Crippen molar-refractivity contribution in [2.45, 2.75) is 25.9 Å². The molecular weight excluding hydrogens is 344 g/mol. The molecule has 0 unspecified atom stereocenters. The molecule has 0 radical (unpaired) electrons. The number of piperidine rings is 1. The number of aromatic nitrogens is 2. The van der Waals surface area contributed by atoms with Gasteiger partial charge in [-0.15, -0.1) is 0 Å². The molecule has 0 aliphatic carbocycles. The molecule has 1 fully saturated rings. The standard InChI is InChI=1S/C20H28N4O3/c1-15-17(11-21-23(15)2)22-19(27)12-24-9-8-18(26)20(13-24,14-25)10-16-6-4-3-5-7-16/h3-7,11,18,25-26H,8-10,12-14H2,1-2H3,(H,22,27)/t18-,20+/m0/s1. The molecule has 3 rings (SSSR count). The summed E-state index contributed by atoms with van der Waals surface area (Å²) in [4.78, 5) is 14.5. The molecule has 1 aromatic heterocycles. The van der Waals surface area contributed by atoms with Crippen LogP contribution in [0, 0.1) is 12.3 Å². The number of aliphatic hydroxyl groups is 2. The Morgan fingerprint density at radius 1 is 1.37 bits per heavy atom. The lowest BCUT2D eigenvalue weighted by atomic mass is 9.73. The van der Waals surface area contributed by atoms with Gasteiger partial charge in [-0.05, 0) is 25.3 Å². The van der Waals surface area contributed by atoms with Crippen LogP contribution in [0.5, 0.6) is 0 Å². The summed E-state index contributed by atoms with van der Waals surface area (Å²) in [6.45, 7) is 3.09. The van der Waals surface area contributed by atoms with Gasteiger partial charge >= 0.3 is 0 Å². The summed E-state index contributed by atoms with van der Waals surface area (Å²) >= 11 is 0. The van der Waals surface area contributed by atoms with E-state index in [4.69, 9.17) is 0 Å². The maximum absolute atomic E-state index is 12.5. The second-order valence-corrected chi connectivity index (χ2v) is 7.51. The zero-order valence-electron chi connectivity index (χ0n) is 15.9. The van der Waals surface area contributed by atoms with Gasteiger partial charge in [-0.25, -0.2) is 0 Å². The van der Waals surface area contributed by atoms with Crippen molar-refractivity contribution in [3.63, 3.8) is 0 Å². The number of nitrogens with one attached hydrogen (secondary N) is 1. The topological polar surface area (TPSA) is 90.6 Å². The number of likely N-dealkylation sites (tertiary alicyclic amines) is 1. The van der Waals surface area contributed by atoms with E-state index in [1.807, 2.05) is 49.2 Å². The fraction of sp³-hybridized carbons (Fsp3) is 0.500. The lowest BCUT2D eigenvalue weighted by Crippen LogP contribution is -2.56. The predicted octanol–water partition coefficient (Wildman–Crippen LogP) is 0.955. The van der Waals surface area contributed by atoms with E-state index in [9.17, 15) is 15.0 Å². The lowest BCUT2D eigenvalue weighted by Gasteiger charge is -2.45. The minimum atomic E-state index is -0.663. The molecule has 27 heavy (non-hydrogen) atoms. The van der Waals surface area contributed by atoms with Crippen LogP contribution < -0.4 is 5.32 Å². The molecule has 3 N–H and O–H groups in total. The Labute approximate surface area is 159 Å². The number of benzene rings is 1. The summed E-state index contributed by atoms with van der Waals surface area (Å²) in [5, 5.41) is 27.7. The smallest absolute Gasteiger partial charge is 0.238 e. The maximum Gasteiger partial charge on any atom is 0.238 e. The molecule has 1 aliphatic heterocycles. The summed E-state index contributed by atoms with van der Waals surface area (Å²) in [7, 11) is 1.83. The van der Waals surface area contributed by atoms with Crippen LogP contribution in [-0.2, 0) is 18.3 Å². The number of hydrogen-bond donors (Lipinski definition) is 3. The van der Waals surface area contributed by atoms with Crippen molar-refractivity contribution in [2.75, 3.05) is 31.6 Å². The van der Waals surface area contributed by atoms with Gasteiger partial charge < -0.3 is 15.5 Å². The monoisotopic (exact) mass is 372 g/mol. The van der Waals surface area contributed by atoms with Crippen molar-refractivity contribution >= 4 is 11.6 Å². The molecule has 0 bridgehead atoms. The van der Waals surface area contributed by atoms with Crippen molar-refractivity contribution in [1.82, 2.24) is 14.7 Å². The number of hydrogen-bond acceptors (Lipinski definition) is 5. The Bertz CT molecular complexity index is 777. The van der Waals surface area contributed by atoms with Gasteiger partial charge in [-0.2, -0.15) is 5.10 Å². The molecule has 2 aromatic rings. The van der Waals surface area contributed by atoms with Crippen molar-refractivity contribution in [2.24, 2.45) is 12.5 Å². The fourth-order valence-corrected chi connectivity index (χ4v) is 3.78. The molecular formula is C20H28N4O3.